The van der Waals surface area contributed by atoms with E-state index in [4.69, 9.17) is 10.7 Å². The van der Waals surface area contributed by atoms with Crippen LogP contribution in [0.3, 0.4) is 0 Å². The van der Waals surface area contributed by atoms with Crippen molar-refractivity contribution >= 4 is 11.9 Å². The van der Waals surface area contributed by atoms with E-state index in [1.54, 1.807) is 0 Å². The van der Waals surface area contributed by atoms with Crippen molar-refractivity contribution in [2.75, 3.05) is 0 Å². The molecule has 1 atom stereocenters. The lowest BCUT2D eigenvalue weighted by atomic mass is 9.82. The summed E-state index contributed by atoms with van der Waals surface area (Å²) in [5.74, 6) is 0.108. The van der Waals surface area contributed by atoms with E-state index in [-0.39, 0.29) is 5.92 Å². The Morgan fingerprint density at radius 3 is 2.57 bits per heavy atom. The summed E-state index contributed by atoms with van der Waals surface area (Å²) in [6.07, 6.45) is 11.2. The summed E-state index contributed by atoms with van der Waals surface area (Å²) >= 11 is 0. The Hall–Kier alpha value is -2.61. The van der Waals surface area contributed by atoms with Crippen LogP contribution in [0.4, 0.5) is 0 Å². The van der Waals surface area contributed by atoms with Crippen LogP contribution >= 0.6 is 0 Å². The van der Waals surface area contributed by atoms with Crippen LogP contribution in [0.15, 0.2) is 64.8 Å². The molecule has 3 rings (SSSR count). The lowest BCUT2D eigenvalue weighted by Crippen LogP contribution is -2.10. The van der Waals surface area contributed by atoms with Gasteiger partial charge in [-0.05, 0) is 85.9 Å². The van der Waals surface area contributed by atoms with Crippen molar-refractivity contribution in [1.82, 2.24) is 0 Å². The van der Waals surface area contributed by atoms with Gasteiger partial charge in [0.15, 0.2) is 0 Å². The van der Waals surface area contributed by atoms with Gasteiger partial charge in [0.1, 0.15) is 0 Å². The summed E-state index contributed by atoms with van der Waals surface area (Å²) in [6, 6.07) is 15.4. The van der Waals surface area contributed by atoms with Gasteiger partial charge >= 0.3 is 0 Å². The van der Waals surface area contributed by atoms with E-state index in [1.807, 2.05) is 13.1 Å². The summed E-state index contributed by atoms with van der Waals surface area (Å²) in [5.41, 5.74) is 16.4. The first-order chi connectivity index (χ1) is 14.6. The van der Waals surface area contributed by atoms with Crippen molar-refractivity contribution in [3.8, 4) is 0 Å². The average Bonchev–Trinajstić information content (AvgIpc) is 2.70. The lowest BCUT2D eigenvalue weighted by molar-refractivity contribution is 0.664. The molecule has 158 valence electrons. The maximum Gasteiger partial charge on any atom is 0.0512 e. The van der Waals surface area contributed by atoms with E-state index in [2.05, 4.69) is 69.3 Å². The maximum absolute atomic E-state index is 6.53. The Morgan fingerprint density at radius 2 is 1.90 bits per heavy atom. The number of hydrogen-bond acceptors (Lipinski definition) is 2. The smallest absolute Gasteiger partial charge is 0.0512 e. The number of benzene rings is 2. The highest BCUT2D eigenvalue weighted by atomic mass is 14.7. The molecule has 2 heteroatoms. The number of hydrogen-bond donors (Lipinski definition) is 1. The van der Waals surface area contributed by atoms with E-state index >= 15 is 0 Å². The van der Waals surface area contributed by atoms with Crippen LogP contribution in [-0.2, 0) is 0 Å². The van der Waals surface area contributed by atoms with Crippen molar-refractivity contribution in [2.45, 2.75) is 72.1 Å². The first-order valence-corrected chi connectivity index (χ1v) is 11.4. The molecule has 2 N–H and O–H groups in total. The van der Waals surface area contributed by atoms with Crippen LogP contribution in [0, 0.1) is 13.8 Å². The standard InChI is InChI=1S/C28H36N2/c1-5-7-8-18-26(30-6-2)27(25-17-9-12-20(3)21(25)4)23-15-11-16-24(19-23)28(29)22-13-10-14-22/h6,9,11-12,15-19,27H,5,7-8,10,13-14,29H2,1-4H3/b26-18-,30-6?. The number of rotatable bonds is 8. The summed E-state index contributed by atoms with van der Waals surface area (Å²) in [4.78, 5) is 4.85. The molecule has 2 nitrogen and oxygen atoms in total. The van der Waals surface area contributed by atoms with Crippen molar-refractivity contribution in [3.63, 3.8) is 0 Å². The number of allylic oxidation sites excluding steroid dienone is 3. The van der Waals surface area contributed by atoms with E-state index in [0.717, 1.165) is 36.2 Å². The normalized spacial score (nSPS) is 15.3. The molecule has 0 spiro atoms. The van der Waals surface area contributed by atoms with Crippen molar-refractivity contribution in [2.24, 2.45) is 10.7 Å². The van der Waals surface area contributed by atoms with Gasteiger partial charge in [0.05, 0.1) is 5.92 Å². The zero-order valence-electron chi connectivity index (χ0n) is 19.0. The number of nitrogens with two attached hydrogens (primary N) is 1. The Morgan fingerprint density at radius 1 is 1.13 bits per heavy atom. The van der Waals surface area contributed by atoms with Gasteiger partial charge in [0, 0.05) is 17.6 Å². The Bertz CT molecular complexity index is 956. The van der Waals surface area contributed by atoms with Gasteiger partial charge in [-0.25, -0.2) is 0 Å². The first-order valence-electron chi connectivity index (χ1n) is 11.4. The molecule has 2 aromatic rings. The Labute approximate surface area is 182 Å². The van der Waals surface area contributed by atoms with Gasteiger partial charge in [-0.1, -0.05) is 62.2 Å². The molecule has 0 bridgehead atoms. The van der Waals surface area contributed by atoms with Gasteiger partial charge in [-0.15, -0.1) is 0 Å². The molecular weight excluding hydrogens is 364 g/mol. The lowest BCUT2D eigenvalue weighted by Gasteiger charge is -2.24. The molecule has 2 aromatic carbocycles. The third-order valence-corrected chi connectivity index (χ3v) is 6.31. The number of unbranched alkanes of at least 4 members (excludes halogenated alkanes) is 2. The zero-order valence-corrected chi connectivity index (χ0v) is 19.0. The van der Waals surface area contributed by atoms with Crippen LogP contribution in [0.25, 0.3) is 5.70 Å². The second kappa shape index (κ2) is 10.4. The molecule has 1 unspecified atom stereocenters. The minimum atomic E-state index is 0.108. The topological polar surface area (TPSA) is 38.4 Å². The van der Waals surface area contributed by atoms with Crippen molar-refractivity contribution in [1.29, 1.82) is 0 Å². The van der Waals surface area contributed by atoms with Crippen LogP contribution in [0.5, 0.6) is 0 Å². The average molecular weight is 401 g/mol. The molecule has 1 aliphatic rings. The number of nitrogens with zero attached hydrogens (tertiary/aromatic N) is 1. The quantitative estimate of drug-likeness (QED) is 0.362. The highest BCUT2D eigenvalue weighted by Crippen LogP contribution is 2.37. The second-order valence-electron chi connectivity index (χ2n) is 8.38. The molecule has 0 amide bonds. The SMILES string of the molecule is CC=N/C(=C\CCCC)C(c1cccc(C(N)=C2CCC2)c1)c1cccc(C)c1C. The minimum Gasteiger partial charge on any atom is -0.398 e. The second-order valence-corrected chi connectivity index (χ2v) is 8.38. The van der Waals surface area contributed by atoms with Gasteiger partial charge < -0.3 is 5.73 Å². The van der Waals surface area contributed by atoms with E-state index in [1.165, 1.54) is 47.1 Å². The van der Waals surface area contributed by atoms with E-state index in [9.17, 15) is 0 Å². The number of aryl methyl sites for hydroxylation is 1. The molecule has 0 radical (unpaired) electrons. The molecule has 1 aliphatic carbocycles. The molecule has 1 saturated carbocycles. The zero-order chi connectivity index (χ0) is 21.5. The molecule has 0 heterocycles. The molecule has 0 aliphatic heterocycles. The van der Waals surface area contributed by atoms with Crippen molar-refractivity contribution < 1.29 is 0 Å². The molecular formula is C28H36N2. The molecule has 0 saturated heterocycles. The van der Waals surface area contributed by atoms with E-state index < -0.39 is 0 Å². The van der Waals surface area contributed by atoms with Crippen LogP contribution in [0.2, 0.25) is 0 Å². The third kappa shape index (κ3) is 4.92. The summed E-state index contributed by atoms with van der Waals surface area (Å²) in [5, 5.41) is 0. The molecule has 30 heavy (non-hydrogen) atoms. The monoisotopic (exact) mass is 400 g/mol. The fourth-order valence-electron chi connectivity index (χ4n) is 4.16. The minimum absolute atomic E-state index is 0.108. The highest BCUT2D eigenvalue weighted by molar-refractivity contribution is 5.68. The van der Waals surface area contributed by atoms with Gasteiger partial charge in [-0.3, -0.25) is 4.99 Å². The third-order valence-electron chi connectivity index (χ3n) is 6.31. The summed E-state index contributed by atoms with van der Waals surface area (Å²) in [6.45, 7) is 8.66. The predicted molar refractivity (Wildman–Crippen MR) is 131 cm³/mol. The fraction of sp³-hybridized carbons (Fsp3) is 0.393. The maximum atomic E-state index is 6.53. The first kappa shape index (κ1) is 22.1. The van der Waals surface area contributed by atoms with Gasteiger partial charge in [0.25, 0.3) is 0 Å². The Kier molecular flexibility index (Phi) is 7.68. The van der Waals surface area contributed by atoms with Crippen LogP contribution in [-0.4, -0.2) is 6.21 Å². The fourth-order valence-corrected chi connectivity index (χ4v) is 4.16. The largest absolute Gasteiger partial charge is 0.398 e. The van der Waals surface area contributed by atoms with Gasteiger partial charge in [-0.2, -0.15) is 0 Å². The van der Waals surface area contributed by atoms with E-state index in [0.29, 0.717) is 0 Å². The van der Waals surface area contributed by atoms with Crippen molar-refractivity contribution in [3.05, 3.63) is 87.6 Å². The predicted octanol–water partition coefficient (Wildman–Crippen LogP) is 7.45. The van der Waals surface area contributed by atoms with Crippen LogP contribution < -0.4 is 5.73 Å². The molecule has 0 aromatic heterocycles. The number of aliphatic imine (C=N–C) groups is 1. The summed E-state index contributed by atoms with van der Waals surface area (Å²) < 4.78 is 0. The van der Waals surface area contributed by atoms with Gasteiger partial charge in [0.2, 0.25) is 0 Å². The molecule has 1 fully saturated rings. The summed E-state index contributed by atoms with van der Waals surface area (Å²) in [7, 11) is 0. The highest BCUT2D eigenvalue weighted by Gasteiger charge is 2.22. The van der Waals surface area contributed by atoms with Crippen LogP contribution in [0.1, 0.15) is 86.1 Å². The Balaban J connectivity index is 2.14.